The summed E-state index contributed by atoms with van der Waals surface area (Å²) in [6, 6.07) is 0.541. The molecule has 2 rings (SSSR count). The van der Waals surface area contributed by atoms with Crippen molar-refractivity contribution >= 4 is 16.0 Å². The van der Waals surface area contributed by atoms with Gasteiger partial charge in [-0.25, -0.2) is 13.4 Å². The van der Waals surface area contributed by atoms with Gasteiger partial charge in [-0.2, -0.15) is 0 Å². The predicted octanol–water partition coefficient (Wildman–Crippen LogP) is 0.537. The van der Waals surface area contributed by atoms with E-state index in [1.807, 2.05) is 0 Å². The van der Waals surface area contributed by atoms with Crippen LogP contribution in [0.15, 0.2) is 4.99 Å². The van der Waals surface area contributed by atoms with Gasteiger partial charge in [0.25, 0.3) is 0 Å². The largest absolute Gasteiger partial charge is 0.343 e. The van der Waals surface area contributed by atoms with Gasteiger partial charge in [0, 0.05) is 6.04 Å². The molecule has 1 fully saturated rings. The van der Waals surface area contributed by atoms with Gasteiger partial charge in [0.05, 0.1) is 19.6 Å². The van der Waals surface area contributed by atoms with Crippen molar-refractivity contribution in [3.8, 4) is 0 Å². The Bertz CT molecular complexity index is 449. The molecular weight excluding hydrogens is 264 g/mol. The predicted molar refractivity (Wildman–Crippen MR) is 76.1 cm³/mol. The molecular formula is C12H24N4O2S. The van der Waals surface area contributed by atoms with Gasteiger partial charge in [0.1, 0.15) is 0 Å². The second-order valence-electron chi connectivity index (χ2n) is 5.78. The van der Waals surface area contributed by atoms with Gasteiger partial charge in [-0.3, -0.25) is 9.62 Å². The molecule has 0 aromatic carbocycles. The number of rotatable bonds is 2. The van der Waals surface area contributed by atoms with E-state index in [1.165, 1.54) is 19.3 Å². The zero-order chi connectivity index (χ0) is 14.0. The third kappa shape index (κ3) is 3.82. The van der Waals surface area contributed by atoms with E-state index in [0.717, 1.165) is 12.2 Å². The SMILES string of the molecule is C[C@@H]1[C@H](C)CCC[C@@H]1N1CN=C(NS(C)(=O)=O)NC1. The lowest BCUT2D eigenvalue weighted by Crippen LogP contribution is -2.55. The van der Waals surface area contributed by atoms with Crippen LogP contribution in [0, 0.1) is 11.8 Å². The number of aliphatic imine (C=N–C) groups is 1. The summed E-state index contributed by atoms with van der Waals surface area (Å²) in [5.41, 5.74) is 0. The molecule has 110 valence electrons. The fourth-order valence-corrected chi connectivity index (χ4v) is 3.47. The van der Waals surface area contributed by atoms with Crippen LogP contribution in [-0.4, -0.2) is 44.9 Å². The van der Waals surface area contributed by atoms with E-state index in [-0.39, 0.29) is 0 Å². The van der Waals surface area contributed by atoms with Crippen LogP contribution in [0.2, 0.25) is 0 Å². The second kappa shape index (κ2) is 5.66. The topological polar surface area (TPSA) is 73.8 Å². The maximum absolute atomic E-state index is 11.1. The number of hydrogen-bond acceptors (Lipinski definition) is 5. The quantitative estimate of drug-likeness (QED) is 0.777. The molecule has 0 unspecified atom stereocenters. The third-order valence-electron chi connectivity index (χ3n) is 4.28. The highest BCUT2D eigenvalue weighted by molar-refractivity contribution is 7.89. The molecule has 0 amide bonds. The third-order valence-corrected chi connectivity index (χ3v) is 4.84. The molecule has 2 aliphatic rings. The summed E-state index contributed by atoms with van der Waals surface area (Å²) in [6.45, 7) is 5.84. The van der Waals surface area contributed by atoms with Gasteiger partial charge in [0.15, 0.2) is 0 Å². The van der Waals surface area contributed by atoms with Gasteiger partial charge in [-0.05, 0) is 18.3 Å². The van der Waals surface area contributed by atoms with Gasteiger partial charge < -0.3 is 5.32 Å². The molecule has 1 heterocycles. The van der Waals surface area contributed by atoms with E-state index in [0.29, 0.717) is 31.3 Å². The minimum atomic E-state index is -3.25. The van der Waals surface area contributed by atoms with E-state index in [4.69, 9.17) is 0 Å². The maximum Gasteiger partial charge on any atom is 0.232 e. The lowest BCUT2D eigenvalue weighted by Gasteiger charge is -2.42. The van der Waals surface area contributed by atoms with Crippen LogP contribution in [0.3, 0.4) is 0 Å². The van der Waals surface area contributed by atoms with E-state index in [2.05, 4.69) is 33.8 Å². The van der Waals surface area contributed by atoms with Crippen molar-refractivity contribution in [3.05, 3.63) is 0 Å². The Balaban J connectivity index is 1.95. The molecule has 3 atom stereocenters. The van der Waals surface area contributed by atoms with Gasteiger partial charge in [-0.15, -0.1) is 0 Å². The highest BCUT2D eigenvalue weighted by Crippen LogP contribution is 2.32. The van der Waals surface area contributed by atoms with Crippen LogP contribution in [0.5, 0.6) is 0 Å². The first-order valence-corrected chi connectivity index (χ1v) is 8.76. The van der Waals surface area contributed by atoms with Crippen molar-refractivity contribution < 1.29 is 8.42 Å². The molecule has 0 radical (unpaired) electrons. The molecule has 2 N–H and O–H groups in total. The summed E-state index contributed by atoms with van der Waals surface area (Å²) < 4.78 is 24.7. The molecule has 6 nitrogen and oxygen atoms in total. The van der Waals surface area contributed by atoms with Crippen LogP contribution in [-0.2, 0) is 10.0 Å². The normalized spacial score (nSPS) is 33.4. The number of nitrogens with one attached hydrogen (secondary N) is 2. The lowest BCUT2D eigenvalue weighted by atomic mass is 9.77. The Morgan fingerprint density at radius 3 is 2.68 bits per heavy atom. The van der Waals surface area contributed by atoms with Gasteiger partial charge in [0.2, 0.25) is 16.0 Å². The highest BCUT2D eigenvalue weighted by atomic mass is 32.2. The highest BCUT2D eigenvalue weighted by Gasteiger charge is 2.32. The van der Waals surface area contributed by atoms with Crippen molar-refractivity contribution in [1.82, 2.24) is 14.9 Å². The van der Waals surface area contributed by atoms with Crippen LogP contribution in [0.1, 0.15) is 33.1 Å². The van der Waals surface area contributed by atoms with E-state index in [9.17, 15) is 8.42 Å². The zero-order valence-electron chi connectivity index (χ0n) is 11.9. The molecule has 19 heavy (non-hydrogen) atoms. The summed E-state index contributed by atoms with van der Waals surface area (Å²) in [4.78, 5) is 6.57. The Kier molecular flexibility index (Phi) is 4.35. The standard InChI is InChI=1S/C12H24N4O2S/c1-9-5-4-6-11(10(9)2)16-7-13-12(14-8-16)15-19(3,17)18/h9-11H,4-8H2,1-3H3,(H2,13,14,15)/t9-,10-,11+/m1/s1. The monoisotopic (exact) mass is 288 g/mol. The average Bonchev–Trinajstić information content (AvgIpc) is 2.32. The summed E-state index contributed by atoms with van der Waals surface area (Å²) in [5, 5.41) is 3.04. The first kappa shape index (κ1) is 14.6. The summed E-state index contributed by atoms with van der Waals surface area (Å²) >= 11 is 0. The molecule has 0 aromatic rings. The summed E-state index contributed by atoms with van der Waals surface area (Å²) in [7, 11) is -3.25. The Hall–Kier alpha value is -0.820. The molecule has 0 aromatic heterocycles. The number of nitrogens with zero attached hydrogens (tertiary/aromatic N) is 2. The second-order valence-corrected chi connectivity index (χ2v) is 7.53. The minimum absolute atomic E-state index is 0.357. The zero-order valence-corrected chi connectivity index (χ0v) is 12.7. The molecule has 0 saturated heterocycles. The van der Waals surface area contributed by atoms with Crippen LogP contribution in [0.4, 0.5) is 0 Å². The first-order chi connectivity index (χ1) is 8.87. The van der Waals surface area contributed by atoms with Crippen molar-refractivity contribution in [1.29, 1.82) is 0 Å². The van der Waals surface area contributed by atoms with Crippen molar-refractivity contribution in [2.24, 2.45) is 16.8 Å². The fourth-order valence-electron chi connectivity index (χ4n) is 2.98. The van der Waals surface area contributed by atoms with Crippen molar-refractivity contribution in [3.63, 3.8) is 0 Å². The maximum atomic E-state index is 11.1. The fraction of sp³-hybridized carbons (Fsp3) is 0.917. The van der Waals surface area contributed by atoms with E-state index < -0.39 is 10.0 Å². The number of hydrogen-bond donors (Lipinski definition) is 2. The van der Waals surface area contributed by atoms with Crippen molar-refractivity contribution in [2.45, 2.75) is 39.2 Å². The van der Waals surface area contributed by atoms with Gasteiger partial charge in [-0.1, -0.05) is 26.7 Å². The van der Waals surface area contributed by atoms with Crippen LogP contribution < -0.4 is 10.0 Å². The van der Waals surface area contributed by atoms with Crippen LogP contribution >= 0.6 is 0 Å². The molecule has 1 aliphatic heterocycles. The molecule has 7 heteroatoms. The van der Waals surface area contributed by atoms with Crippen molar-refractivity contribution in [2.75, 3.05) is 19.6 Å². The van der Waals surface area contributed by atoms with E-state index >= 15 is 0 Å². The Labute approximate surface area is 115 Å². The molecule has 0 bridgehead atoms. The van der Waals surface area contributed by atoms with Crippen LogP contribution in [0.25, 0.3) is 0 Å². The molecule has 1 saturated carbocycles. The number of guanidine groups is 1. The summed E-state index contributed by atoms with van der Waals surface area (Å²) in [5.74, 6) is 1.77. The average molecular weight is 288 g/mol. The van der Waals surface area contributed by atoms with Gasteiger partial charge >= 0.3 is 0 Å². The van der Waals surface area contributed by atoms with E-state index in [1.54, 1.807) is 0 Å². The minimum Gasteiger partial charge on any atom is -0.343 e. The number of sulfonamides is 1. The molecule has 1 aliphatic carbocycles. The summed E-state index contributed by atoms with van der Waals surface area (Å²) in [6.07, 6.45) is 4.92. The Morgan fingerprint density at radius 1 is 1.37 bits per heavy atom. The Morgan fingerprint density at radius 2 is 2.11 bits per heavy atom. The smallest absolute Gasteiger partial charge is 0.232 e. The molecule has 0 spiro atoms. The lowest BCUT2D eigenvalue weighted by molar-refractivity contribution is 0.0768. The first-order valence-electron chi connectivity index (χ1n) is 6.87.